The molecule has 0 N–H and O–H groups in total. The van der Waals surface area contributed by atoms with Gasteiger partial charge in [-0.15, -0.1) is 0 Å². The summed E-state index contributed by atoms with van der Waals surface area (Å²) < 4.78 is 4.53. The molecule has 0 amide bonds. The van der Waals surface area contributed by atoms with E-state index in [2.05, 4.69) is 37.3 Å². The Morgan fingerprint density at radius 3 is 2.86 bits per heavy atom. The maximum Gasteiger partial charge on any atom is 0.0590 e. The molecule has 1 atom stereocenters. The Bertz CT molecular complexity index is 329. The van der Waals surface area contributed by atoms with Crippen LogP contribution in [0.1, 0.15) is 37.4 Å². The lowest BCUT2D eigenvalue weighted by Crippen LogP contribution is -1.95. The van der Waals surface area contributed by atoms with Crippen LogP contribution in [0.3, 0.4) is 0 Å². The molecule has 0 aliphatic rings. The van der Waals surface area contributed by atoms with Crippen LogP contribution in [0.5, 0.6) is 0 Å². The van der Waals surface area contributed by atoms with Crippen LogP contribution in [0.2, 0.25) is 0 Å². The van der Waals surface area contributed by atoms with E-state index in [1.54, 1.807) is 0 Å². The maximum atomic E-state index is 4.53. The fraction of sp³-hybridized carbons (Fsp3) is 0.417. The SMILES string of the molecule is CCC(C)c1nscccccc1C. The first-order valence-corrected chi connectivity index (χ1v) is 5.83. The van der Waals surface area contributed by atoms with Gasteiger partial charge < -0.3 is 0 Å². The molecule has 0 fully saturated rings. The Morgan fingerprint density at radius 1 is 1.36 bits per heavy atom. The molecule has 0 radical (unpaired) electrons. The molecule has 0 saturated heterocycles. The molecule has 1 nitrogen and oxygen atoms in total. The predicted molar refractivity (Wildman–Crippen MR) is 63.2 cm³/mol. The van der Waals surface area contributed by atoms with Crippen LogP contribution in [0.25, 0.3) is 0 Å². The van der Waals surface area contributed by atoms with Crippen LogP contribution >= 0.6 is 11.5 Å². The van der Waals surface area contributed by atoms with Gasteiger partial charge in [0.15, 0.2) is 0 Å². The minimum absolute atomic E-state index is 0.540. The molecule has 0 bridgehead atoms. The molecule has 14 heavy (non-hydrogen) atoms. The van der Waals surface area contributed by atoms with Crippen molar-refractivity contribution in [3.63, 3.8) is 0 Å². The summed E-state index contributed by atoms with van der Waals surface area (Å²) in [6.07, 6.45) is 1.14. The Morgan fingerprint density at radius 2 is 2.14 bits per heavy atom. The second-order valence-electron chi connectivity index (χ2n) is 3.45. The molecule has 1 unspecified atom stereocenters. The number of aromatic nitrogens is 1. The molecule has 1 rings (SSSR count). The standard InChI is InChI=1S/C12H17NS/c1-4-10(2)12-11(3)8-6-5-7-9-14-13-12/h5-10H,4H2,1-3H3. The minimum atomic E-state index is 0.540. The molecule has 1 aromatic rings. The van der Waals surface area contributed by atoms with E-state index in [-0.39, 0.29) is 0 Å². The molecule has 0 aliphatic carbocycles. The molecular formula is C12H17NS. The predicted octanol–water partition coefficient (Wildman–Crippen LogP) is 4.09. The second-order valence-corrected chi connectivity index (χ2v) is 4.12. The van der Waals surface area contributed by atoms with E-state index in [0.29, 0.717) is 5.92 Å². The van der Waals surface area contributed by atoms with Gasteiger partial charge in [-0.25, -0.2) is 0 Å². The van der Waals surface area contributed by atoms with Gasteiger partial charge in [0.25, 0.3) is 0 Å². The Labute approximate surface area is 90.3 Å². The van der Waals surface area contributed by atoms with Gasteiger partial charge in [-0.2, -0.15) is 4.37 Å². The molecule has 1 heterocycles. The van der Waals surface area contributed by atoms with Gasteiger partial charge in [0.1, 0.15) is 0 Å². The molecule has 76 valence electrons. The number of nitrogens with zero attached hydrogens (tertiary/aromatic N) is 1. The Kier molecular flexibility index (Phi) is 4.60. The van der Waals surface area contributed by atoms with Crippen molar-refractivity contribution >= 4 is 11.5 Å². The number of aryl methyl sites for hydroxylation is 1. The first-order valence-electron chi connectivity index (χ1n) is 5.00. The van der Waals surface area contributed by atoms with Crippen LogP contribution in [0, 0.1) is 6.92 Å². The fourth-order valence-electron chi connectivity index (χ4n) is 1.26. The summed E-state index contributed by atoms with van der Waals surface area (Å²) in [5.41, 5.74) is 2.49. The van der Waals surface area contributed by atoms with E-state index in [9.17, 15) is 0 Å². The largest absolute Gasteiger partial charge is 0.197 e. The van der Waals surface area contributed by atoms with Gasteiger partial charge in [0.05, 0.1) is 5.69 Å². The van der Waals surface area contributed by atoms with E-state index in [1.807, 2.05) is 17.5 Å². The summed E-state index contributed by atoms with van der Waals surface area (Å²) in [6, 6.07) is 8.24. The summed E-state index contributed by atoms with van der Waals surface area (Å²) in [4.78, 5) is 0. The Hall–Kier alpha value is -0.890. The minimum Gasteiger partial charge on any atom is -0.197 e. The van der Waals surface area contributed by atoms with Crippen molar-refractivity contribution in [3.05, 3.63) is 40.9 Å². The topological polar surface area (TPSA) is 12.9 Å². The first-order chi connectivity index (χ1) is 6.75. The van der Waals surface area contributed by atoms with Gasteiger partial charge in [0.2, 0.25) is 0 Å². The van der Waals surface area contributed by atoms with Gasteiger partial charge in [-0.05, 0) is 36.4 Å². The monoisotopic (exact) mass is 207 g/mol. The zero-order valence-corrected chi connectivity index (χ0v) is 9.84. The lowest BCUT2D eigenvalue weighted by Gasteiger charge is -2.07. The molecular weight excluding hydrogens is 190 g/mol. The lowest BCUT2D eigenvalue weighted by molar-refractivity contribution is 0.710. The zero-order chi connectivity index (χ0) is 10.4. The lowest BCUT2D eigenvalue weighted by atomic mass is 10.0. The summed E-state index contributed by atoms with van der Waals surface area (Å²) in [5, 5.41) is 2.01. The van der Waals surface area contributed by atoms with Crippen molar-refractivity contribution < 1.29 is 0 Å². The number of hydrogen-bond acceptors (Lipinski definition) is 2. The van der Waals surface area contributed by atoms with Crippen molar-refractivity contribution in [1.29, 1.82) is 0 Å². The third-order valence-corrected chi connectivity index (χ3v) is 2.92. The average molecular weight is 207 g/mol. The molecule has 0 saturated carbocycles. The van der Waals surface area contributed by atoms with E-state index < -0.39 is 0 Å². The summed E-state index contributed by atoms with van der Waals surface area (Å²) in [7, 11) is 0. The van der Waals surface area contributed by atoms with Gasteiger partial charge in [-0.3, -0.25) is 0 Å². The van der Waals surface area contributed by atoms with Crippen molar-refractivity contribution in [2.45, 2.75) is 33.1 Å². The summed E-state index contributed by atoms with van der Waals surface area (Å²) in [5.74, 6) is 0.540. The van der Waals surface area contributed by atoms with Crippen molar-refractivity contribution in [3.8, 4) is 0 Å². The fourth-order valence-corrected chi connectivity index (χ4v) is 1.92. The molecule has 0 aromatic carbocycles. The Balaban J connectivity index is 3.23. The zero-order valence-electron chi connectivity index (χ0n) is 9.03. The summed E-state index contributed by atoms with van der Waals surface area (Å²) in [6.45, 7) is 6.55. The molecule has 0 aliphatic heterocycles. The maximum absolute atomic E-state index is 4.53. The highest BCUT2D eigenvalue weighted by Gasteiger charge is 2.05. The molecule has 1 aromatic heterocycles. The van der Waals surface area contributed by atoms with Crippen LogP contribution in [0.15, 0.2) is 29.6 Å². The first kappa shape index (κ1) is 11.2. The highest BCUT2D eigenvalue weighted by molar-refractivity contribution is 7.03. The van der Waals surface area contributed by atoms with E-state index in [1.165, 1.54) is 22.8 Å². The number of rotatable bonds is 2. The van der Waals surface area contributed by atoms with E-state index in [4.69, 9.17) is 0 Å². The molecule has 0 spiro atoms. The van der Waals surface area contributed by atoms with Gasteiger partial charge in [-0.1, -0.05) is 38.1 Å². The third kappa shape index (κ3) is 3.11. The van der Waals surface area contributed by atoms with Gasteiger partial charge >= 0.3 is 0 Å². The quantitative estimate of drug-likeness (QED) is 0.711. The van der Waals surface area contributed by atoms with E-state index in [0.717, 1.165) is 6.42 Å². The van der Waals surface area contributed by atoms with Gasteiger partial charge in [0, 0.05) is 5.38 Å². The smallest absolute Gasteiger partial charge is 0.0590 e. The highest BCUT2D eigenvalue weighted by Crippen LogP contribution is 2.18. The summed E-state index contributed by atoms with van der Waals surface area (Å²) >= 11 is 1.51. The normalized spacial score (nSPS) is 11.9. The molecule has 2 heteroatoms. The van der Waals surface area contributed by atoms with Crippen molar-refractivity contribution in [1.82, 2.24) is 4.37 Å². The van der Waals surface area contributed by atoms with Crippen LogP contribution in [-0.4, -0.2) is 4.37 Å². The van der Waals surface area contributed by atoms with Crippen molar-refractivity contribution in [2.24, 2.45) is 0 Å². The second kappa shape index (κ2) is 5.76. The van der Waals surface area contributed by atoms with E-state index >= 15 is 0 Å². The van der Waals surface area contributed by atoms with Crippen LogP contribution < -0.4 is 0 Å². The highest BCUT2D eigenvalue weighted by atomic mass is 32.1. The number of hydrogen-bond donors (Lipinski definition) is 0. The average Bonchev–Trinajstić information content (AvgIpc) is 2.29. The van der Waals surface area contributed by atoms with Crippen molar-refractivity contribution in [2.75, 3.05) is 0 Å². The van der Waals surface area contributed by atoms with Crippen LogP contribution in [-0.2, 0) is 0 Å². The van der Waals surface area contributed by atoms with Crippen LogP contribution in [0.4, 0.5) is 0 Å². The third-order valence-electron chi connectivity index (χ3n) is 2.34.